The molecule has 3 rings (SSSR count). The smallest absolute Gasteiger partial charge is 0.243 e. The molecule has 2 heterocycles. The van der Waals surface area contributed by atoms with Gasteiger partial charge in [-0.2, -0.15) is 4.31 Å². The third-order valence-corrected chi connectivity index (χ3v) is 7.80. The number of sulfonamides is 1. The van der Waals surface area contributed by atoms with Crippen molar-refractivity contribution in [3.63, 3.8) is 0 Å². The second kappa shape index (κ2) is 9.69. The van der Waals surface area contributed by atoms with Gasteiger partial charge in [-0.25, -0.2) is 13.4 Å². The van der Waals surface area contributed by atoms with E-state index in [1.807, 2.05) is 36.4 Å². The third-order valence-electron chi connectivity index (χ3n) is 4.98. The van der Waals surface area contributed by atoms with Crippen molar-refractivity contribution in [2.75, 3.05) is 27.2 Å². The fourth-order valence-electron chi connectivity index (χ4n) is 3.50. The summed E-state index contributed by atoms with van der Waals surface area (Å²) in [6.45, 7) is 4.21. The van der Waals surface area contributed by atoms with Crippen LogP contribution < -0.4 is 5.32 Å². The average molecular weight is 436 g/mol. The van der Waals surface area contributed by atoms with Gasteiger partial charge in [0.1, 0.15) is 0 Å². The molecule has 1 aromatic carbocycles. The molecule has 0 spiro atoms. The lowest BCUT2D eigenvalue weighted by Gasteiger charge is -2.27. The molecule has 2 aromatic rings. The number of piperidine rings is 1. The summed E-state index contributed by atoms with van der Waals surface area (Å²) in [6.07, 6.45) is 2.94. The van der Waals surface area contributed by atoms with Crippen molar-refractivity contribution in [1.29, 1.82) is 0 Å². The Bertz CT molecular complexity index is 949. The maximum atomic E-state index is 13.2. The van der Waals surface area contributed by atoms with Gasteiger partial charge in [-0.1, -0.05) is 24.6 Å². The highest BCUT2D eigenvalue weighted by Gasteiger charge is 2.27. The Kier molecular flexibility index (Phi) is 7.26. The molecular weight excluding hydrogens is 406 g/mol. The number of aliphatic imine (C=N–C) groups is 1. The number of nitrogens with one attached hydrogen (secondary N) is 1. The first-order valence-electron chi connectivity index (χ1n) is 9.82. The van der Waals surface area contributed by atoms with Crippen molar-refractivity contribution >= 4 is 27.3 Å². The SMILES string of the molecule is CN=C(NCc1ccccc1S(=O)(=O)N1CCCCC1)N(C)Cc1csc(C)n1. The summed E-state index contributed by atoms with van der Waals surface area (Å²) >= 11 is 1.62. The van der Waals surface area contributed by atoms with Crippen LogP contribution in [0.15, 0.2) is 39.5 Å². The number of rotatable bonds is 6. The van der Waals surface area contributed by atoms with E-state index in [4.69, 9.17) is 0 Å². The topological polar surface area (TPSA) is 77.9 Å². The van der Waals surface area contributed by atoms with Crippen LogP contribution in [0.25, 0.3) is 0 Å². The Morgan fingerprint density at radius 1 is 1.28 bits per heavy atom. The lowest BCUT2D eigenvalue weighted by molar-refractivity contribution is 0.346. The molecule has 1 fully saturated rings. The first-order chi connectivity index (χ1) is 13.9. The number of hydrogen-bond acceptors (Lipinski definition) is 5. The normalized spacial score (nSPS) is 16.0. The van der Waals surface area contributed by atoms with Gasteiger partial charge in [-0.3, -0.25) is 4.99 Å². The molecule has 0 radical (unpaired) electrons. The van der Waals surface area contributed by atoms with Crippen LogP contribution in [-0.2, 0) is 23.1 Å². The highest BCUT2D eigenvalue weighted by molar-refractivity contribution is 7.89. The van der Waals surface area contributed by atoms with E-state index < -0.39 is 10.0 Å². The van der Waals surface area contributed by atoms with E-state index in [1.165, 1.54) is 0 Å². The molecule has 9 heteroatoms. The largest absolute Gasteiger partial charge is 0.352 e. The first-order valence-corrected chi connectivity index (χ1v) is 12.1. The maximum Gasteiger partial charge on any atom is 0.243 e. The van der Waals surface area contributed by atoms with Crippen molar-refractivity contribution in [2.24, 2.45) is 4.99 Å². The summed E-state index contributed by atoms with van der Waals surface area (Å²) < 4.78 is 27.9. The molecule has 0 unspecified atom stereocenters. The van der Waals surface area contributed by atoms with Crippen LogP contribution in [0.1, 0.15) is 35.5 Å². The number of aromatic nitrogens is 1. The molecule has 158 valence electrons. The van der Waals surface area contributed by atoms with Gasteiger partial charge in [0.2, 0.25) is 10.0 Å². The molecule has 0 aliphatic carbocycles. The molecule has 1 saturated heterocycles. The number of guanidine groups is 1. The number of aryl methyl sites for hydroxylation is 1. The number of thiazole rings is 1. The zero-order valence-electron chi connectivity index (χ0n) is 17.3. The second-order valence-electron chi connectivity index (χ2n) is 7.19. The van der Waals surface area contributed by atoms with Gasteiger partial charge < -0.3 is 10.2 Å². The Morgan fingerprint density at radius 3 is 2.66 bits per heavy atom. The van der Waals surface area contributed by atoms with Crippen molar-refractivity contribution < 1.29 is 8.42 Å². The van der Waals surface area contributed by atoms with Gasteiger partial charge in [0, 0.05) is 39.1 Å². The van der Waals surface area contributed by atoms with Crippen LogP contribution in [0.5, 0.6) is 0 Å². The van der Waals surface area contributed by atoms with Crippen molar-refractivity contribution in [3.8, 4) is 0 Å². The molecule has 29 heavy (non-hydrogen) atoms. The monoisotopic (exact) mass is 435 g/mol. The zero-order chi connectivity index (χ0) is 20.9. The fraction of sp³-hybridized carbons (Fsp3) is 0.500. The summed E-state index contributed by atoms with van der Waals surface area (Å²) in [6, 6.07) is 7.22. The van der Waals surface area contributed by atoms with Crippen molar-refractivity contribution in [2.45, 2.75) is 44.2 Å². The van der Waals surface area contributed by atoms with Crippen LogP contribution >= 0.6 is 11.3 Å². The van der Waals surface area contributed by atoms with Gasteiger partial charge in [-0.15, -0.1) is 11.3 Å². The van der Waals surface area contributed by atoms with E-state index in [2.05, 4.69) is 15.3 Å². The number of hydrogen-bond donors (Lipinski definition) is 1. The zero-order valence-corrected chi connectivity index (χ0v) is 18.9. The van der Waals surface area contributed by atoms with Gasteiger partial charge in [0.05, 0.1) is 22.1 Å². The van der Waals surface area contributed by atoms with Gasteiger partial charge in [-0.05, 0) is 31.4 Å². The van der Waals surface area contributed by atoms with Crippen molar-refractivity contribution in [3.05, 3.63) is 45.9 Å². The number of benzene rings is 1. The fourth-order valence-corrected chi connectivity index (χ4v) is 5.85. The summed E-state index contributed by atoms with van der Waals surface area (Å²) in [5.41, 5.74) is 1.74. The minimum Gasteiger partial charge on any atom is -0.352 e. The van der Waals surface area contributed by atoms with E-state index in [1.54, 1.807) is 34.8 Å². The lowest BCUT2D eigenvalue weighted by atomic mass is 10.2. The summed E-state index contributed by atoms with van der Waals surface area (Å²) in [5, 5.41) is 6.37. The van der Waals surface area contributed by atoms with Crippen LogP contribution in [0.3, 0.4) is 0 Å². The minimum absolute atomic E-state index is 0.377. The van der Waals surface area contributed by atoms with Crippen LogP contribution in [0, 0.1) is 6.92 Å². The second-order valence-corrected chi connectivity index (χ2v) is 10.2. The summed E-state index contributed by atoms with van der Waals surface area (Å²) in [7, 11) is 0.186. The van der Waals surface area contributed by atoms with E-state index >= 15 is 0 Å². The average Bonchev–Trinajstić information content (AvgIpc) is 3.14. The molecule has 1 N–H and O–H groups in total. The number of nitrogens with zero attached hydrogens (tertiary/aromatic N) is 4. The van der Waals surface area contributed by atoms with Gasteiger partial charge in [0.25, 0.3) is 0 Å². The minimum atomic E-state index is -3.48. The Hall–Kier alpha value is -1.97. The highest BCUT2D eigenvalue weighted by atomic mass is 32.2. The molecule has 7 nitrogen and oxygen atoms in total. The van der Waals surface area contributed by atoms with Gasteiger partial charge >= 0.3 is 0 Å². The lowest BCUT2D eigenvalue weighted by Crippen LogP contribution is -2.39. The Balaban J connectivity index is 1.71. The maximum absolute atomic E-state index is 13.2. The van der Waals surface area contributed by atoms with Gasteiger partial charge in [0.15, 0.2) is 5.96 Å². The predicted molar refractivity (Wildman–Crippen MR) is 118 cm³/mol. The summed E-state index contributed by atoms with van der Waals surface area (Å²) in [4.78, 5) is 11.2. The molecule has 0 saturated carbocycles. The Labute approximate surface area is 177 Å². The van der Waals surface area contributed by atoms with E-state index in [9.17, 15) is 8.42 Å². The third kappa shape index (κ3) is 5.34. The molecular formula is C20H29N5O2S2. The quantitative estimate of drug-likeness (QED) is 0.558. The summed E-state index contributed by atoms with van der Waals surface area (Å²) in [5.74, 6) is 0.695. The molecule has 1 aromatic heterocycles. The molecule has 1 aliphatic heterocycles. The predicted octanol–water partition coefficient (Wildman–Crippen LogP) is 2.83. The molecule has 1 aliphatic rings. The molecule has 0 amide bonds. The van der Waals surface area contributed by atoms with E-state index in [0.29, 0.717) is 37.0 Å². The highest BCUT2D eigenvalue weighted by Crippen LogP contribution is 2.23. The van der Waals surface area contributed by atoms with Crippen LogP contribution in [0.4, 0.5) is 0 Å². The Morgan fingerprint density at radius 2 is 2.00 bits per heavy atom. The van der Waals surface area contributed by atoms with Crippen molar-refractivity contribution in [1.82, 2.24) is 19.5 Å². The van der Waals surface area contributed by atoms with E-state index in [-0.39, 0.29) is 0 Å². The first kappa shape index (κ1) is 21.7. The molecule has 0 atom stereocenters. The standard InChI is InChI=1S/C20H29N5O2S2/c1-16-23-18(15-28-16)14-24(3)20(21-2)22-13-17-9-5-6-10-19(17)29(26,27)25-11-7-4-8-12-25/h5-6,9-10,15H,4,7-8,11-14H2,1-3H3,(H,21,22). The van der Waals surface area contributed by atoms with Crippen LogP contribution in [-0.4, -0.2) is 55.8 Å². The van der Waals surface area contributed by atoms with E-state index in [0.717, 1.165) is 35.5 Å². The van der Waals surface area contributed by atoms with Crippen LogP contribution in [0.2, 0.25) is 0 Å². The molecule has 0 bridgehead atoms.